The Kier molecular flexibility index (Phi) is 3.95. The van der Waals surface area contributed by atoms with Crippen LogP contribution in [0.4, 0.5) is 13.2 Å². The predicted octanol–water partition coefficient (Wildman–Crippen LogP) is 4.63. The Labute approximate surface area is 112 Å². The molecule has 2 nitrogen and oxygen atoms in total. The van der Waals surface area contributed by atoms with Crippen molar-refractivity contribution in [2.45, 2.75) is 12.1 Å². The Morgan fingerprint density at radius 3 is 2.68 bits per heavy atom. The number of pyridine rings is 1. The average Bonchev–Trinajstić information content (AvgIpc) is 2.39. The van der Waals surface area contributed by atoms with Crippen LogP contribution in [0, 0.1) is 0 Å². The minimum atomic E-state index is -4.40. The summed E-state index contributed by atoms with van der Waals surface area (Å²) in [6.07, 6.45) is -1.45. The zero-order valence-corrected chi connectivity index (χ0v) is 10.4. The summed E-state index contributed by atoms with van der Waals surface area (Å²) in [6.45, 7) is 0. The average molecular weight is 288 g/mol. The number of hydrogen-bond acceptors (Lipinski definition) is 2. The minimum absolute atomic E-state index is 0.0918. The minimum Gasteiger partial charge on any atom is -0.455 e. The first-order valence-corrected chi connectivity index (χ1v) is 5.88. The fourth-order valence-electron chi connectivity index (χ4n) is 1.47. The van der Waals surface area contributed by atoms with Crippen molar-refractivity contribution in [3.63, 3.8) is 0 Å². The van der Waals surface area contributed by atoms with Gasteiger partial charge in [0.1, 0.15) is 11.5 Å². The standard InChI is InChI=1S/C13H9ClF3NO/c14-7-9-4-5-18-8-12(9)19-11-3-1-2-10(6-11)13(15,16)17/h1-6,8H,7H2. The van der Waals surface area contributed by atoms with E-state index in [1.807, 2.05) is 0 Å². The van der Waals surface area contributed by atoms with E-state index in [1.165, 1.54) is 24.5 Å². The van der Waals surface area contributed by atoms with Gasteiger partial charge in [-0.3, -0.25) is 4.98 Å². The first kappa shape index (κ1) is 13.7. The molecule has 0 aliphatic rings. The Balaban J connectivity index is 2.29. The lowest BCUT2D eigenvalue weighted by molar-refractivity contribution is -0.137. The summed E-state index contributed by atoms with van der Waals surface area (Å²) in [5.74, 6) is 0.627. The van der Waals surface area contributed by atoms with Gasteiger partial charge in [-0.05, 0) is 24.3 Å². The topological polar surface area (TPSA) is 22.1 Å². The van der Waals surface area contributed by atoms with Crippen LogP contribution < -0.4 is 4.74 Å². The maximum Gasteiger partial charge on any atom is 0.416 e. The number of hydrogen-bond donors (Lipinski definition) is 0. The molecule has 0 unspecified atom stereocenters. The van der Waals surface area contributed by atoms with E-state index in [-0.39, 0.29) is 11.6 Å². The molecule has 19 heavy (non-hydrogen) atoms. The van der Waals surface area contributed by atoms with Crippen LogP contribution in [0.3, 0.4) is 0 Å². The Bertz CT molecular complexity index is 572. The molecule has 0 N–H and O–H groups in total. The molecular weight excluding hydrogens is 279 g/mol. The Hall–Kier alpha value is -1.75. The van der Waals surface area contributed by atoms with Crippen molar-refractivity contribution in [1.29, 1.82) is 0 Å². The third kappa shape index (κ3) is 3.38. The molecule has 0 fully saturated rings. The molecule has 2 aromatic rings. The van der Waals surface area contributed by atoms with Crippen LogP contribution in [0.1, 0.15) is 11.1 Å². The van der Waals surface area contributed by atoms with Gasteiger partial charge in [-0.15, -0.1) is 11.6 Å². The fraction of sp³-hybridized carbons (Fsp3) is 0.154. The van der Waals surface area contributed by atoms with Crippen LogP contribution in [-0.2, 0) is 12.1 Å². The molecule has 0 spiro atoms. The summed E-state index contributed by atoms with van der Waals surface area (Å²) in [4.78, 5) is 3.85. The van der Waals surface area contributed by atoms with Crippen LogP contribution in [0.25, 0.3) is 0 Å². The summed E-state index contributed by atoms with van der Waals surface area (Å²) >= 11 is 5.71. The molecule has 0 aliphatic heterocycles. The lowest BCUT2D eigenvalue weighted by Gasteiger charge is -2.11. The molecule has 0 bridgehead atoms. The molecule has 1 aromatic carbocycles. The maximum atomic E-state index is 12.6. The van der Waals surface area contributed by atoms with Crippen molar-refractivity contribution in [3.8, 4) is 11.5 Å². The molecule has 0 radical (unpaired) electrons. The van der Waals surface area contributed by atoms with Gasteiger partial charge in [-0.1, -0.05) is 6.07 Å². The van der Waals surface area contributed by atoms with E-state index in [2.05, 4.69) is 4.98 Å². The van der Waals surface area contributed by atoms with Crippen LogP contribution in [0.2, 0.25) is 0 Å². The number of aromatic nitrogens is 1. The van der Waals surface area contributed by atoms with Crippen molar-refractivity contribution in [1.82, 2.24) is 4.98 Å². The van der Waals surface area contributed by atoms with E-state index < -0.39 is 11.7 Å². The molecule has 0 atom stereocenters. The van der Waals surface area contributed by atoms with Crippen LogP contribution in [-0.4, -0.2) is 4.98 Å². The fourth-order valence-corrected chi connectivity index (χ4v) is 1.69. The Morgan fingerprint density at radius 2 is 2.00 bits per heavy atom. The van der Waals surface area contributed by atoms with Gasteiger partial charge in [0.15, 0.2) is 0 Å². The number of rotatable bonds is 3. The van der Waals surface area contributed by atoms with Gasteiger partial charge in [-0.2, -0.15) is 13.2 Å². The van der Waals surface area contributed by atoms with Crippen molar-refractivity contribution in [2.24, 2.45) is 0 Å². The number of ether oxygens (including phenoxy) is 1. The highest BCUT2D eigenvalue weighted by Crippen LogP contribution is 2.33. The molecule has 6 heteroatoms. The Morgan fingerprint density at radius 1 is 1.21 bits per heavy atom. The monoisotopic (exact) mass is 287 g/mol. The van der Waals surface area contributed by atoms with Crippen molar-refractivity contribution in [3.05, 3.63) is 53.9 Å². The zero-order chi connectivity index (χ0) is 13.9. The van der Waals surface area contributed by atoms with Crippen molar-refractivity contribution < 1.29 is 17.9 Å². The highest BCUT2D eigenvalue weighted by Gasteiger charge is 2.30. The molecule has 1 aromatic heterocycles. The van der Waals surface area contributed by atoms with E-state index in [0.717, 1.165) is 12.1 Å². The van der Waals surface area contributed by atoms with Gasteiger partial charge in [0, 0.05) is 11.8 Å². The summed E-state index contributed by atoms with van der Waals surface area (Å²) in [6, 6.07) is 6.30. The quantitative estimate of drug-likeness (QED) is 0.768. The number of benzene rings is 1. The first-order chi connectivity index (χ1) is 9.00. The number of halogens is 4. The molecule has 0 saturated carbocycles. The zero-order valence-electron chi connectivity index (χ0n) is 9.62. The van der Waals surface area contributed by atoms with Gasteiger partial charge in [0.05, 0.1) is 17.6 Å². The third-order valence-electron chi connectivity index (χ3n) is 2.40. The van der Waals surface area contributed by atoms with Crippen LogP contribution in [0.5, 0.6) is 11.5 Å². The summed E-state index contributed by atoms with van der Waals surface area (Å²) in [7, 11) is 0. The third-order valence-corrected chi connectivity index (χ3v) is 2.69. The van der Waals surface area contributed by atoms with Gasteiger partial charge < -0.3 is 4.74 Å². The van der Waals surface area contributed by atoms with Crippen LogP contribution >= 0.6 is 11.6 Å². The second kappa shape index (κ2) is 5.48. The van der Waals surface area contributed by atoms with Gasteiger partial charge >= 0.3 is 6.18 Å². The highest BCUT2D eigenvalue weighted by molar-refractivity contribution is 6.17. The number of nitrogens with zero attached hydrogens (tertiary/aromatic N) is 1. The van der Waals surface area contributed by atoms with Crippen LogP contribution in [0.15, 0.2) is 42.7 Å². The SMILES string of the molecule is FC(F)(F)c1cccc(Oc2cnccc2CCl)c1. The smallest absolute Gasteiger partial charge is 0.416 e. The highest BCUT2D eigenvalue weighted by atomic mass is 35.5. The molecule has 0 amide bonds. The second-order valence-corrected chi connectivity index (χ2v) is 4.01. The van der Waals surface area contributed by atoms with E-state index in [4.69, 9.17) is 16.3 Å². The normalized spacial score (nSPS) is 11.4. The molecule has 2 rings (SSSR count). The van der Waals surface area contributed by atoms with E-state index in [9.17, 15) is 13.2 Å². The molecule has 0 saturated heterocycles. The molecule has 0 aliphatic carbocycles. The summed E-state index contributed by atoms with van der Waals surface area (Å²) in [5, 5.41) is 0. The molecular formula is C13H9ClF3NO. The molecule has 100 valence electrons. The van der Waals surface area contributed by atoms with E-state index >= 15 is 0 Å². The molecule has 1 heterocycles. The maximum absolute atomic E-state index is 12.6. The second-order valence-electron chi connectivity index (χ2n) is 3.74. The van der Waals surface area contributed by atoms with Crippen molar-refractivity contribution in [2.75, 3.05) is 0 Å². The lowest BCUT2D eigenvalue weighted by Crippen LogP contribution is -2.04. The summed E-state index contributed by atoms with van der Waals surface area (Å²) in [5.41, 5.74) is -0.101. The first-order valence-electron chi connectivity index (χ1n) is 5.34. The summed E-state index contributed by atoms with van der Waals surface area (Å²) < 4.78 is 43.1. The number of alkyl halides is 4. The largest absolute Gasteiger partial charge is 0.455 e. The predicted molar refractivity (Wildman–Crippen MR) is 65.3 cm³/mol. The lowest BCUT2D eigenvalue weighted by atomic mass is 10.2. The van der Waals surface area contributed by atoms with Gasteiger partial charge in [0.25, 0.3) is 0 Å². The van der Waals surface area contributed by atoms with Crippen molar-refractivity contribution >= 4 is 11.6 Å². The van der Waals surface area contributed by atoms with Gasteiger partial charge in [0.2, 0.25) is 0 Å². The van der Waals surface area contributed by atoms with Gasteiger partial charge in [-0.25, -0.2) is 0 Å². The van der Waals surface area contributed by atoms with E-state index in [0.29, 0.717) is 11.3 Å². The van der Waals surface area contributed by atoms with E-state index in [1.54, 1.807) is 6.07 Å².